The maximum Gasteiger partial charge on any atom is 0.337 e. The van der Waals surface area contributed by atoms with E-state index in [2.05, 4.69) is 0 Å². The zero-order valence-electron chi connectivity index (χ0n) is 8.35. The van der Waals surface area contributed by atoms with Gasteiger partial charge in [0, 0.05) is 6.42 Å². The van der Waals surface area contributed by atoms with Crippen molar-refractivity contribution in [1.29, 1.82) is 0 Å². The molecule has 0 saturated heterocycles. The average Bonchev–Trinajstić information content (AvgIpc) is 2.16. The van der Waals surface area contributed by atoms with Crippen molar-refractivity contribution in [2.24, 2.45) is 0 Å². The number of hydrogen-bond donors (Lipinski definition) is 2. The highest BCUT2D eigenvalue weighted by Gasteiger charge is 2.19. The molecule has 2 N–H and O–H groups in total. The maximum absolute atomic E-state index is 12.8. The molecule has 15 heavy (non-hydrogen) atoms. The standard InChI is InChI=1S/C11H13FO3/c1-7(12)6-8-4-2-3-5-9(8)10(13)11(14)15/h2-5,7,10,13H,6H2,1H3,(H,14,15). The average molecular weight is 212 g/mol. The second-order valence-corrected chi connectivity index (χ2v) is 3.42. The molecule has 0 aliphatic carbocycles. The van der Waals surface area contributed by atoms with Crippen LogP contribution >= 0.6 is 0 Å². The zero-order valence-corrected chi connectivity index (χ0v) is 8.35. The highest BCUT2D eigenvalue weighted by Crippen LogP contribution is 2.20. The van der Waals surface area contributed by atoms with Crippen LogP contribution in [0.25, 0.3) is 0 Å². The molecule has 4 heteroatoms. The molecule has 0 heterocycles. The SMILES string of the molecule is CC(F)Cc1ccccc1C(O)C(=O)O. The van der Waals surface area contributed by atoms with Gasteiger partial charge < -0.3 is 10.2 Å². The van der Waals surface area contributed by atoms with E-state index in [1.165, 1.54) is 13.0 Å². The number of halogens is 1. The summed E-state index contributed by atoms with van der Waals surface area (Å²) in [5, 5.41) is 18.0. The predicted molar refractivity (Wildman–Crippen MR) is 53.3 cm³/mol. The molecule has 82 valence electrons. The minimum atomic E-state index is -1.58. The van der Waals surface area contributed by atoms with Gasteiger partial charge in [0.1, 0.15) is 6.17 Å². The molecule has 0 amide bonds. The molecule has 0 bridgehead atoms. The van der Waals surface area contributed by atoms with E-state index >= 15 is 0 Å². The summed E-state index contributed by atoms with van der Waals surface area (Å²) < 4.78 is 12.8. The van der Waals surface area contributed by atoms with E-state index in [0.717, 1.165) is 0 Å². The molecule has 3 nitrogen and oxygen atoms in total. The Morgan fingerprint density at radius 3 is 2.60 bits per heavy atom. The van der Waals surface area contributed by atoms with Crippen LogP contribution in [0.4, 0.5) is 4.39 Å². The number of carboxylic acids is 1. The van der Waals surface area contributed by atoms with Crippen LogP contribution in [-0.2, 0) is 11.2 Å². The highest BCUT2D eigenvalue weighted by atomic mass is 19.1. The van der Waals surface area contributed by atoms with E-state index in [1.807, 2.05) is 0 Å². The number of alkyl halides is 1. The number of aliphatic hydroxyl groups is 1. The monoisotopic (exact) mass is 212 g/mol. The van der Waals surface area contributed by atoms with Gasteiger partial charge >= 0.3 is 5.97 Å². The number of benzene rings is 1. The van der Waals surface area contributed by atoms with Crippen LogP contribution in [0.3, 0.4) is 0 Å². The molecular formula is C11H13FO3. The Hall–Kier alpha value is -1.42. The fraction of sp³-hybridized carbons (Fsp3) is 0.364. The smallest absolute Gasteiger partial charge is 0.337 e. The van der Waals surface area contributed by atoms with Crippen LogP contribution in [0.5, 0.6) is 0 Å². The number of aliphatic carboxylic acids is 1. The van der Waals surface area contributed by atoms with Crippen molar-refractivity contribution in [3.63, 3.8) is 0 Å². The largest absolute Gasteiger partial charge is 0.479 e. The molecular weight excluding hydrogens is 199 g/mol. The van der Waals surface area contributed by atoms with Gasteiger partial charge in [-0.1, -0.05) is 24.3 Å². The molecule has 0 saturated carbocycles. The predicted octanol–water partition coefficient (Wildman–Crippen LogP) is 1.71. The Bertz CT molecular complexity index is 349. The number of carbonyl (C=O) groups is 1. The zero-order chi connectivity index (χ0) is 11.4. The summed E-state index contributed by atoms with van der Waals surface area (Å²) in [4.78, 5) is 10.6. The van der Waals surface area contributed by atoms with E-state index in [1.54, 1.807) is 18.2 Å². The van der Waals surface area contributed by atoms with Gasteiger partial charge in [-0.2, -0.15) is 0 Å². The number of rotatable bonds is 4. The Morgan fingerprint density at radius 2 is 2.07 bits per heavy atom. The lowest BCUT2D eigenvalue weighted by atomic mass is 9.98. The Kier molecular flexibility index (Phi) is 3.80. The highest BCUT2D eigenvalue weighted by molar-refractivity contribution is 5.74. The van der Waals surface area contributed by atoms with Gasteiger partial charge in [0.2, 0.25) is 0 Å². The summed E-state index contributed by atoms with van der Waals surface area (Å²) in [5.74, 6) is -1.33. The summed E-state index contributed by atoms with van der Waals surface area (Å²) >= 11 is 0. The van der Waals surface area contributed by atoms with Gasteiger partial charge in [0.05, 0.1) is 0 Å². The fourth-order valence-corrected chi connectivity index (χ4v) is 1.42. The van der Waals surface area contributed by atoms with E-state index in [9.17, 15) is 14.3 Å². The van der Waals surface area contributed by atoms with Crippen molar-refractivity contribution in [1.82, 2.24) is 0 Å². The lowest BCUT2D eigenvalue weighted by Crippen LogP contribution is -2.14. The number of aliphatic hydroxyl groups excluding tert-OH is 1. The van der Waals surface area contributed by atoms with Crippen LogP contribution in [0, 0.1) is 0 Å². The molecule has 0 fully saturated rings. The van der Waals surface area contributed by atoms with Gasteiger partial charge in [-0.05, 0) is 18.1 Å². The molecule has 0 aromatic heterocycles. The van der Waals surface area contributed by atoms with Crippen LogP contribution in [-0.4, -0.2) is 22.4 Å². The summed E-state index contributed by atoms with van der Waals surface area (Å²) in [6, 6.07) is 6.43. The van der Waals surface area contributed by atoms with Gasteiger partial charge in [0.25, 0.3) is 0 Å². The normalized spacial score (nSPS) is 14.6. The van der Waals surface area contributed by atoms with E-state index in [-0.39, 0.29) is 12.0 Å². The topological polar surface area (TPSA) is 57.5 Å². The van der Waals surface area contributed by atoms with Crippen molar-refractivity contribution in [2.75, 3.05) is 0 Å². The van der Waals surface area contributed by atoms with Crippen LogP contribution < -0.4 is 0 Å². The molecule has 0 spiro atoms. The minimum absolute atomic E-state index is 0.112. The molecule has 0 aliphatic heterocycles. The molecule has 0 radical (unpaired) electrons. The molecule has 2 unspecified atom stereocenters. The third-order valence-corrected chi connectivity index (χ3v) is 2.08. The molecule has 2 atom stereocenters. The quantitative estimate of drug-likeness (QED) is 0.798. The lowest BCUT2D eigenvalue weighted by Gasteiger charge is -2.12. The number of hydrogen-bond acceptors (Lipinski definition) is 2. The molecule has 0 aliphatic rings. The Balaban J connectivity index is 3.00. The Morgan fingerprint density at radius 1 is 1.47 bits per heavy atom. The van der Waals surface area contributed by atoms with Crippen molar-refractivity contribution in [2.45, 2.75) is 25.6 Å². The first-order chi connectivity index (χ1) is 7.02. The van der Waals surface area contributed by atoms with Gasteiger partial charge in [-0.25, -0.2) is 9.18 Å². The minimum Gasteiger partial charge on any atom is -0.479 e. The van der Waals surface area contributed by atoms with Gasteiger partial charge in [-0.3, -0.25) is 0 Å². The third-order valence-electron chi connectivity index (χ3n) is 2.08. The van der Waals surface area contributed by atoms with E-state index in [4.69, 9.17) is 5.11 Å². The summed E-state index contributed by atoms with van der Waals surface area (Å²) in [5.41, 5.74) is 0.789. The second-order valence-electron chi connectivity index (χ2n) is 3.42. The van der Waals surface area contributed by atoms with Crippen molar-refractivity contribution in [3.8, 4) is 0 Å². The first-order valence-electron chi connectivity index (χ1n) is 4.65. The summed E-state index contributed by atoms with van der Waals surface area (Å²) in [6.07, 6.45) is -2.53. The van der Waals surface area contributed by atoms with Crippen molar-refractivity contribution >= 4 is 5.97 Å². The van der Waals surface area contributed by atoms with Crippen molar-refractivity contribution < 1.29 is 19.4 Å². The first kappa shape index (κ1) is 11.7. The summed E-state index contributed by atoms with van der Waals surface area (Å²) in [7, 11) is 0. The van der Waals surface area contributed by atoms with Crippen LogP contribution in [0.15, 0.2) is 24.3 Å². The van der Waals surface area contributed by atoms with Crippen LogP contribution in [0.1, 0.15) is 24.2 Å². The van der Waals surface area contributed by atoms with Gasteiger partial charge in [-0.15, -0.1) is 0 Å². The molecule has 1 aromatic rings. The second kappa shape index (κ2) is 4.89. The van der Waals surface area contributed by atoms with Crippen LogP contribution in [0.2, 0.25) is 0 Å². The molecule has 1 aromatic carbocycles. The molecule has 1 rings (SSSR count). The maximum atomic E-state index is 12.8. The fourth-order valence-electron chi connectivity index (χ4n) is 1.42. The Labute approximate surface area is 87.2 Å². The lowest BCUT2D eigenvalue weighted by molar-refractivity contribution is -0.147. The summed E-state index contributed by atoms with van der Waals surface area (Å²) in [6.45, 7) is 1.39. The first-order valence-corrected chi connectivity index (χ1v) is 4.65. The van der Waals surface area contributed by atoms with E-state index in [0.29, 0.717) is 5.56 Å². The van der Waals surface area contributed by atoms with Crippen molar-refractivity contribution in [3.05, 3.63) is 35.4 Å². The van der Waals surface area contributed by atoms with E-state index < -0.39 is 18.2 Å². The third kappa shape index (κ3) is 3.02. The van der Waals surface area contributed by atoms with Gasteiger partial charge in [0.15, 0.2) is 6.10 Å². The number of carboxylic acid groups (broad SMARTS) is 1.